The third-order valence-corrected chi connectivity index (χ3v) is 10.1. The van der Waals surface area contributed by atoms with Crippen molar-refractivity contribution in [2.75, 3.05) is 18.8 Å². The van der Waals surface area contributed by atoms with Crippen molar-refractivity contribution in [2.45, 2.75) is 59.0 Å². The topological polar surface area (TPSA) is 108 Å². The Morgan fingerprint density at radius 3 is 2.54 bits per heavy atom. The molecule has 7 nitrogen and oxygen atoms in total. The van der Waals surface area contributed by atoms with Crippen LogP contribution in [0, 0.1) is 5.92 Å². The van der Waals surface area contributed by atoms with Crippen LogP contribution in [0.15, 0.2) is 29.8 Å². The first-order chi connectivity index (χ1) is 16.6. The van der Waals surface area contributed by atoms with E-state index in [2.05, 4.69) is 48.6 Å². The number of sulfonamides is 1. The lowest BCUT2D eigenvalue weighted by Crippen LogP contribution is -2.38. The van der Waals surface area contributed by atoms with Gasteiger partial charge in [0.2, 0.25) is 10.0 Å². The molecule has 0 unspecified atom stereocenters. The number of hydrogen-bond donors (Lipinski definition) is 3. The number of carbonyl (C=O) groups is 1. The zero-order valence-electron chi connectivity index (χ0n) is 20.9. The number of fused-ring (bicyclic) bond motifs is 1. The van der Waals surface area contributed by atoms with Gasteiger partial charge in [0.1, 0.15) is 0 Å². The number of aromatic nitrogens is 1. The number of hydrogen-bond acceptors (Lipinski definition) is 5. The smallest absolute Gasteiger partial charge is 0.250 e. The van der Waals surface area contributed by atoms with Crippen molar-refractivity contribution in [1.82, 2.24) is 14.6 Å². The molecule has 4 rings (SSSR count). The average Bonchev–Trinajstić information content (AvgIpc) is 3.49. The van der Waals surface area contributed by atoms with Crippen molar-refractivity contribution in [2.24, 2.45) is 11.7 Å². The molecule has 0 radical (unpaired) electrons. The molecule has 190 valence electrons. The second-order valence-corrected chi connectivity index (χ2v) is 13.1. The zero-order valence-corrected chi connectivity index (χ0v) is 22.6. The molecule has 1 amide bonds. The fourth-order valence-corrected chi connectivity index (χ4v) is 6.68. The number of aromatic amines is 1. The molecular formula is C26H36N4O3S2. The Morgan fingerprint density at radius 1 is 1.20 bits per heavy atom. The molecule has 0 saturated carbocycles. The number of H-pyrrole nitrogens is 1. The van der Waals surface area contributed by atoms with E-state index in [1.54, 1.807) is 22.6 Å². The molecule has 1 saturated heterocycles. The van der Waals surface area contributed by atoms with E-state index in [9.17, 15) is 13.2 Å². The minimum absolute atomic E-state index is 0.130. The quantitative estimate of drug-likeness (QED) is 0.384. The SMILES string of the molecule is CCS(=O)(=O)N1CCC(c2c[nH]c3c(C(N)=O)cc(-c4csc(CN[C@@H](C)C(C)C)c4)cc23)CC1. The van der Waals surface area contributed by atoms with Crippen LogP contribution >= 0.6 is 11.3 Å². The normalized spacial score (nSPS) is 16.8. The maximum Gasteiger partial charge on any atom is 0.250 e. The van der Waals surface area contributed by atoms with E-state index in [1.165, 1.54) is 4.88 Å². The Morgan fingerprint density at radius 2 is 1.91 bits per heavy atom. The predicted molar refractivity (Wildman–Crippen MR) is 144 cm³/mol. The van der Waals surface area contributed by atoms with E-state index in [-0.39, 0.29) is 11.7 Å². The molecule has 4 N–H and O–H groups in total. The van der Waals surface area contributed by atoms with E-state index >= 15 is 0 Å². The molecular weight excluding hydrogens is 480 g/mol. The van der Waals surface area contributed by atoms with Crippen LogP contribution in [-0.4, -0.2) is 48.5 Å². The lowest BCUT2D eigenvalue weighted by molar-refractivity contribution is 0.100. The molecule has 1 aromatic carbocycles. The Bertz CT molecular complexity index is 1300. The highest BCUT2D eigenvalue weighted by atomic mass is 32.2. The zero-order chi connectivity index (χ0) is 25.3. The summed E-state index contributed by atoms with van der Waals surface area (Å²) in [6.45, 7) is 10.1. The number of benzene rings is 1. The molecule has 1 atom stereocenters. The molecule has 0 aliphatic carbocycles. The monoisotopic (exact) mass is 516 g/mol. The lowest BCUT2D eigenvalue weighted by atomic mass is 9.88. The van der Waals surface area contributed by atoms with E-state index in [1.807, 2.05) is 12.3 Å². The highest BCUT2D eigenvalue weighted by Crippen LogP contribution is 2.38. The first kappa shape index (κ1) is 25.9. The van der Waals surface area contributed by atoms with Crippen molar-refractivity contribution in [3.63, 3.8) is 0 Å². The van der Waals surface area contributed by atoms with Crippen LogP contribution in [0.2, 0.25) is 0 Å². The summed E-state index contributed by atoms with van der Waals surface area (Å²) in [5.74, 6) is 0.459. The predicted octanol–water partition coefficient (Wildman–Crippen LogP) is 4.66. The standard InChI is InChI=1S/C26H36N4O3S2/c1-5-35(32,33)30-8-6-18(7-9-30)24-14-29-25-22(24)11-19(12-23(25)26(27)31)20-10-21(34-15-20)13-28-17(4)16(2)3/h10-12,14-18,28-29H,5-9,13H2,1-4H3,(H2,27,31)/t17-/m0/s1. The Labute approximate surface area is 212 Å². The largest absolute Gasteiger partial charge is 0.366 e. The summed E-state index contributed by atoms with van der Waals surface area (Å²) in [6.07, 6.45) is 3.47. The van der Waals surface area contributed by atoms with Gasteiger partial charge < -0.3 is 16.0 Å². The number of nitrogens with one attached hydrogen (secondary N) is 2. The van der Waals surface area contributed by atoms with Gasteiger partial charge in [-0.25, -0.2) is 12.7 Å². The molecule has 3 aromatic rings. The Kier molecular flexibility index (Phi) is 7.71. The minimum atomic E-state index is -3.17. The fourth-order valence-electron chi connectivity index (χ4n) is 4.70. The van der Waals surface area contributed by atoms with Gasteiger partial charge in [-0.15, -0.1) is 11.3 Å². The number of primary amides is 1. The maximum atomic E-state index is 12.3. The van der Waals surface area contributed by atoms with Crippen LogP contribution in [0.4, 0.5) is 0 Å². The maximum absolute atomic E-state index is 12.3. The van der Waals surface area contributed by atoms with Gasteiger partial charge in [0.15, 0.2) is 0 Å². The number of nitrogens with zero attached hydrogens (tertiary/aromatic N) is 1. The third kappa shape index (κ3) is 5.48. The number of carbonyl (C=O) groups excluding carboxylic acids is 1. The van der Waals surface area contributed by atoms with Crippen molar-refractivity contribution in [3.8, 4) is 11.1 Å². The molecule has 1 aliphatic heterocycles. The van der Waals surface area contributed by atoms with Gasteiger partial charge in [0, 0.05) is 42.1 Å². The van der Waals surface area contributed by atoms with E-state index < -0.39 is 15.9 Å². The third-order valence-electron chi connectivity index (χ3n) is 7.32. The number of piperidine rings is 1. The van der Waals surface area contributed by atoms with Gasteiger partial charge in [0.25, 0.3) is 5.91 Å². The van der Waals surface area contributed by atoms with Crippen LogP contribution in [-0.2, 0) is 16.6 Å². The highest BCUT2D eigenvalue weighted by molar-refractivity contribution is 7.89. The molecule has 0 spiro atoms. The van der Waals surface area contributed by atoms with E-state index in [0.29, 0.717) is 30.6 Å². The molecule has 0 bridgehead atoms. The first-order valence-electron chi connectivity index (χ1n) is 12.3. The second-order valence-electron chi connectivity index (χ2n) is 9.84. The number of amides is 1. The molecule has 2 aromatic heterocycles. The van der Waals surface area contributed by atoms with Crippen LogP contribution in [0.5, 0.6) is 0 Å². The van der Waals surface area contributed by atoms with E-state index in [4.69, 9.17) is 5.73 Å². The Balaban J connectivity index is 1.63. The minimum Gasteiger partial charge on any atom is -0.366 e. The van der Waals surface area contributed by atoms with E-state index in [0.717, 1.165) is 47.0 Å². The van der Waals surface area contributed by atoms with Gasteiger partial charge in [-0.1, -0.05) is 13.8 Å². The summed E-state index contributed by atoms with van der Waals surface area (Å²) in [4.78, 5) is 16.9. The average molecular weight is 517 g/mol. The second kappa shape index (κ2) is 10.4. The van der Waals surface area contributed by atoms with Crippen molar-refractivity contribution < 1.29 is 13.2 Å². The molecule has 1 fully saturated rings. The molecule has 3 heterocycles. The summed E-state index contributed by atoms with van der Waals surface area (Å²) in [5, 5.41) is 6.69. The van der Waals surface area contributed by atoms with Crippen LogP contribution in [0.1, 0.15) is 67.3 Å². The number of nitrogens with two attached hydrogens (primary N) is 1. The van der Waals surface area contributed by atoms with Crippen molar-refractivity contribution in [1.29, 1.82) is 0 Å². The van der Waals surface area contributed by atoms with Gasteiger partial charge >= 0.3 is 0 Å². The van der Waals surface area contributed by atoms with Gasteiger partial charge in [-0.3, -0.25) is 4.79 Å². The summed E-state index contributed by atoms with van der Waals surface area (Å²) >= 11 is 1.71. The van der Waals surface area contributed by atoms with Gasteiger partial charge in [-0.2, -0.15) is 0 Å². The first-order valence-corrected chi connectivity index (χ1v) is 14.8. The summed E-state index contributed by atoms with van der Waals surface area (Å²) < 4.78 is 26.1. The van der Waals surface area contributed by atoms with Crippen LogP contribution in [0.3, 0.4) is 0 Å². The number of thiophene rings is 1. The Hall–Kier alpha value is -2.20. The summed E-state index contributed by atoms with van der Waals surface area (Å²) in [5.41, 5.74) is 10.2. The van der Waals surface area contributed by atoms with Gasteiger partial charge in [-0.05, 0) is 78.8 Å². The lowest BCUT2D eigenvalue weighted by Gasteiger charge is -2.31. The van der Waals surface area contributed by atoms with Crippen LogP contribution in [0.25, 0.3) is 22.0 Å². The number of rotatable bonds is 9. The van der Waals surface area contributed by atoms with Crippen LogP contribution < -0.4 is 11.1 Å². The molecule has 1 aliphatic rings. The molecule has 9 heteroatoms. The summed E-state index contributed by atoms with van der Waals surface area (Å²) in [6, 6.07) is 6.62. The fraction of sp³-hybridized carbons (Fsp3) is 0.500. The summed E-state index contributed by atoms with van der Waals surface area (Å²) in [7, 11) is -3.17. The van der Waals surface area contributed by atoms with Crippen molar-refractivity contribution in [3.05, 3.63) is 45.8 Å². The van der Waals surface area contributed by atoms with Gasteiger partial charge in [0.05, 0.1) is 16.8 Å². The van der Waals surface area contributed by atoms with Crippen molar-refractivity contribution >= 4 is 38.2 Å². The highest BCUT2D eigenvalue weighted by Gasteiger charge is 2.29. The molecule has 35 heavy (non-hydrogen) atoms.